The summed E-state index contributed by atoms with van der Waals surface area (Å²) in [6, 6.07) is 6.30. The van der Waals surface area contributed by atoms with E-state index in [2.05, 4.69) is 32.0 Å². The molecule has 0 atom stereocenters. The molecule has 0 unspecified atom stereocenters. The van der Waals surface area contributed by atoms with E-state index in [1.54, 1.807) is 11.8 Å². The highest BCUT2D eigenvalue weighted by atomic mass is 35.5. The zero-order valence-corrected chi connectivity index (χ0v) is 9.00. The van der Waals surface area contributed by atoms with E-state index in [0.29, 0.717) is 0 Å². The van der Waals surface area contributed by atoms with Crippen LogP contribution in [0.1, 0.15) is 19.4 Å². The van der Waals surface area contributed by atoms with E-state index >= 15 is 0 Å². The van der Waals surface area contributed by atoms with Crippen molar-refractivity contribution in [3.63, 3.8) is 0 Å². The normalized spacial score (nSPS) is 10.2. The number of thioether (sulfide) groups is 1. The average molecular weight is 201 g/mol. The second-order valence-electron chi connectivity index (χ2n) is 2.55. The van der Waals surface area contributed by atoms with Crippen molar-refractivity contribution >= 4 is 23.4 Å². The van der Waals surface area contributed by atoms with Crippen LogP contribution in [0.5, 0.6) is 0 Å². The maximum absolute atomic E-state index is 6.07. The molecule has 66 valence electrons. The Morgan fingerprint density at radius 1 is 1.33 bits per heavy atom. The molecule has 0 aliphatic heterocycles. The molecule has 0 aromatic heterocycles. The lowest BCUT2D eigenvalue weighted by Gasteiger charge is -2.03. The third kappa shape index (κ3) is 2.43. The second-order valence-corrected chi connectivity index (χ2v) is 4.26. The Morgan fingerprint density at radius 2 is 2.08 bits per heavy atom. The molecule has 0 fully saturated rings. The molecule has 0 saturated carbocycles. The molecule has 0 radical (unpaired) electrons. The van der Waals surface area contributed by atoms with Gasteiger partial charge in [-0.15, -0.1) is 11.8 Å². The molecule has 0 aliphatic rings. The minimum atomic E-state index is 0.890. The van der Waals surface area contributed by atoms with Crippen molar-refractivity contribution in [3.05, 3.63) is 28.8 Å². The van der Waals surface area contributed by atoms with Gasteiger partial charge in [0.2, 0.25) is 0 Å². The van der Waals surface area contributed by atoms with Crippen molar-refractivity contribution in [3.8, 4) is 0 Å². The number of halogens is 1. The van der Waals surface area contributed by atoms with Crippen LogP contribution < -0.4 is 0 Å². The second kappa shape index (κ2) is 4.78. The van der Waals surface area contributed by atoms with Crippen LogP contribution in [-0.4, -0.2) is 5.75 Å². The Hall–Kier alpha value is -0.140. The van der Waals surface area contributed by atoms with Gasteiger partial charge in [0.1, 0.15) is 0 Å². The first-order valence-electron chi connectivity index (χ1n) is 4.19. The van der Waals surface area contributed by atoms with Gasteiger partial charge in [0, 0.05) is 4.90 Å². The van der Waals surface area contributed by atoms with Crippen LogP contribution in [-0.2, 0) is 6.42 Å². The lowest BCUT2D eigenvalue weighted by Crippen LogP contribution is -1.81. The summed E-state index contributed by atoms with van der Waals surface area (Å²) in [5.74, 6) is 1.07. The van der Waals surface area contributed by atoms with Crippen LogP contribution in [0.25, 0.3) is 0 Å². The smallest absolute Gasteiger partial charge is 0.0544 e. The van der Waals surface area contributed by atoms with Crippen LogP contribution in [0.15, 0.2) is 23.1 Å². The van der Waals surface area contributed by atoms with Crippen molar-refractivity contribution in [2.24, 2.45) is 0 Å². The molecule has 1 rings (SSSR count). The quantitative estimate of drug-likeness (QED) is 0.665. The molecule has 1 aromatic carbocycles. The molecule has 2 heteroatoms. The molecule has 0 spiro atoms. The third-order valence-electron chi connectivity index (χ3n) is 1.70. The van der Waals surface area contributed by atoms with Gasteiger partial charge in [-0.3, -0.25) is 0 Å². The fraction of sp³-hybridized carbons (Fsp3) is 0.400. The highest BCUT2D eigenvalue weighted by Gasteiger charge is 1.99. The molecule has 0 heterocycles. The summed E-state index contributed by atoms with van der Waals surface area (Å²) in [5.41, 5.74) is 1.31. The summed E-state index contributed by atoms with van der Waals surface area (Å²) < 4.78 is 0. The minimum Gasteiger partial charge on any atom is -0.125 e. The lowest BCUT2D eigenvalue weighted by molar-refractivity contribution is 1.13. The van der Waals surface area contributed by atoms with Crippen molar-refractivity contribution in [1.82, 2.24) is 0 Å². The van der Waals surface area contributed by atoms with Gasteiger partial charge in [0.15, 0.2) is 0 Å². The Kier molecular flexibility index (Phi) is 3.96. The van der Waals surface area contributed by atoms with Crippen molar-refractivity contribution in [1.29, 1.82) is 0 Å². The van der Waals surface area contributed by atoms with E-state index in [9.17, 15) is 0 Å². The largest absolute Gasteiger partial charge is 0.125 e. The first-order chi connectivity index (χ1) is 5.77. The van der Waals surface area contributed by atoms with E-state index in [0.717, 1.165) is 17.2 Å². The molecule has 12 heavy (non-hydrogen) atoms. The molecule has 0 N–H and O–H groups in total. The van der Waals surface area contributed by atoms with Crippen LogP contribution in [0, 0.1) is 0 Å². The predicted octanol–water partition coefficient (Wildman–Crippen LogP) is 4.01. The Bertz CT molecular complexity index is 258. The van der Waals surface area contributed by atoms with Crippen LogP contribution >= 0.6 is 23.4 Å². The number of aryl methyl sites for hydroxylation is 1. The summed E-state index contributed by atoms with van der Waals surface area (Å²) in [6.45, 7) is 4.27. The van der Waals surface area contributed by atoms with E-state index in [4.69, 9.17) is 11.6 Å². The number of benzene rings is 1. The van der Waals surface area contributed by atoms with Gasteiger partial charge in [-0.2, -0.15) is 0 Å². The third-order valence-corrected chi connectivity index (χ3v) is 3.08. The van der Waals surface area contributed by atoms with E-state index in [1.807, 2.05) is 0 Å². The average Bonchev–Trinajstić information content (AvgIpc) is 2.09. The van der Waals surface area contributed by atoms with E-state index in [-0.39, 0.29) is 0 Å². The fourth-order valence-electron chi connectivity index (χ4n) is 1.04. The Balaban J connectivity index is 2.87. The molecule has 0 amide bonds. The van der Waals surface area contributed by atoms with Crippen molar-refractivity contribution in [2.45, 2.75) is 25.2 Å². The maximum atomic E-state index is 6.07. The van der Waals surface area contributed by atoms with E-state index in [1.165, 1.54) is 10.5 Å². The van der Waals surface area contributed by atoms with Gasteiger partial charge in [-0.1, -0.05) is 31.5 Å². The van der Waals surface area contributed by atoms with Gasteiger partial charge in [-0.25, -0.2) is 0 Å². The first kappa shape index (κ1) is 9.94. The highest BCUT2D eigenvalue weighted by Crippen LogP contribution is 2.27. The molecular weight excluding hydrogens is 188 g/mol. The first-order valence-corrected chi connectivity index (χ1v) is 5.55. The summed E-state index contributed by atoms with van der Waals surface area (Å²) in [5, 5.41) is 0.890. The molecule has 0 saturated heterocycles. The molecule has 1 aromatic rings. The number of hydrogen-bond donors (Lipinski definition) is 0. The van der Waals surface area contributed by atoms with Crippen LogP contribution in [0.3, 0.4) is 0 Å². The SMILES string of the molecule is CCSc1ccc(CC)cc1Cl. The van der Waals surface area contributed by atoms with Gasteiger partial charge in [0.25, 0.3) is 0 Å². The Labute approximate surface area is 83.3 Å². The highest BCUT2D eigenvalue weighted by molar-refractivity contribution is 7.99. The number of hydrogen-bond acceptors (Lipinski definition) is 1. The zero-order chi connectivity index (χ0) is 8.97. The number of rotatable bonds is 3. The van der Waals surface area contributed by atoms with Gasteiger partial charge < -0.3 is 0 Å². The van der Waals surface area contributed by atoms with Crippen LogP contribution in [0.4, 0.5) is 0 Å². The predicted molar refractivity (Wildman–Crippen MR) is 57.2 cm³/mol. The van der Waals surface area contributed by atoms with Gasteiger partial charge >= 0.3 is 0 Å². The Morgan fingerprint density at radius 3 is 2.58 bits per heavy atom. The van der Waals surface area contributed by atoms with E-state index < -0.39 is 0 Å². The van der Waals surface area contributed by atoms with Crippen LogP contribution in [0.2, 0.25) is 5.02 Å². The summed E-state index contributed by atoms with van der Waals surface area (Å²) in [6.07, 6.45) is 1.05. The summed E-state index contributed by atoms with van der Waals surface area (Å²) >= 11 is 7.86. The van der Waals surface area contributed by atoms with Gasteiger partial charge in [0.05, 0.1) is 5.02 Å². The van der Waals surface area contributed by atoms with Gasteiger partial charge in [-0.05, 0) is 29.9 Å². The van der Waals surface area contributed by atoms with Crippen molar-refractivity contribution < 1.29 is 0 Å². The lowest BCUT2D eigenvalue weighted by atomic mass is 10.2. The van der Waals surface area contributed by atoms with Crippen molar-refractivity contribution in [2.75, 3.05) is 5.75 Å². The summed E-state index contributed by atoms with van der Waals surface area (Å²) in [7, 11) is 0. The molecular formula is C10H13ClS. The molecule has 0 nitrogen and oxygen atoms in total. The fourth-order valence-corrected chi connectivity index (χ4v) is 2.08. The molecule has 0 aliphatic carbocycles. The topological polar surface area (TPSA) is 0 Å². The summed E-state index contributed by atoms with van der Waals surface area (Å²) in [4.78, 5) is 1.19. The minimum absolute atomic E-state index is 0.890. The maximum Gasteiger partial charge on any atom is 0.0544 e. The molecule has 0 bridgehead atoms. The monoisotopic (exact) mass is 200 g/mol. The standard InChI is InChI=1S/C10H13ClS/c1-3-8-5-6-10(12-4-2)9(11)7-8/h5-7H,3-4H2,1-2H3. The zero-order valence-electron chi connectivity index (χ0n) is 7.43.